The minimum absolute atomic E-state index is 0.122. The van der Waals surface area contributed by atoms with E-state index in [4.69, 9.17) is 9.47 Å². The van der Waals surface area contributed by atoms with Crippen molar-refractivity contribution in [3.8, 4) is 5.75 Å². The minimum Gasteiger partial charge on any atom is -0.489 e. The SMILES string of the molecule is CCOC(=O)C1=C(C)Nc2nc(SCC)nn2C1c1ccc(OCc2ccccc2F)cc1. The lowest BCUT2D eigenvalue weighted by atomic mass is 9.96. The van der Waals surface area contributed by atoms with Gasteiger partial charge in [0.15, 0.2) is 0 Å². The van der Waals surface area contributed by atoms with Crippen LogP contribution in [0.2, 0.25) is 0 Å². The van der Waals surface area contributed by atoms with Crippen LogP contribution in [0.15, 0.2) is 65.0 Å². The first-order valence-corrected chi connectivity index (χ1v) is 11.7. The lowest BCUT2D eigenvalue weighted by molar-refractivity contribution is -0.139. The van der Waals surface area contributed by atoms with E-state index in [1.165, 1.54) is 17.8 Å². The van der Waals surface area contributed by atoms with Crippen molar-refractivity contribution in [2.45, 2.75) is 38.6 Å². The monoisotopic (exact) mass is 468 g/mol. The van der Waals surface area contributed by atoms with Gasteiger partial charge in [-0.3, -0.25) is 0 Å². The van der Waals surface area contributed by atoms with Crippen LogP contribution in [0, 0.1) is 5.82 Å². The quantitative estimate of drug-likeness (QED) is 0.370. The second-order valence-electron chi connectivity index (χ2n) is 7.33. The van der Waals surface area contributed by atoms with Gasteiger partial charge in [0.1, 0.15) is 24.2 Å². The number of carbonyl (C=O) groups excluding carboxylic acids is 1. The molecule has 2 aromatic carbocycles. The second kappa shape index (κ2) is 10.1. The van der Waals surface area contributed by atoms with Crippen LogP contribution >= 0.6 is 11.8 Å². The molecule has 0 amide bonds. The highest BCUT2D eigenvalue weighted by atomic mass is 32.2. The summed E-state index contributed by atoms with van der Waals surface area (Å²) in [6, 6.07) is 13.4. The van der Waals surface area contributed by atoms with Crippen molar-refractivity contribution in [3.63, 3.8) is 0 Å². The van der Waals surface area contributed by atoms with Gasteiger partial charge in [-0.1, -0.05) is 49.0 Å². The van der Waals surface area contributed by atoms with E-state index in [-0.39, 0.29) is 19.0 Å². The van der Waals surface area contributed by atoms with Gasteiger partial charge in [0.25, 0.3) is 0 Å². The van der Waals surface area contributed by atoms with Crippen LogP contribution in [-0.2, 0) is 16.1 Å². The molecule has 0 spiro atoms. The summed E-state index contributed by atoms with van der Waals surface area (Å²) in [7, 11) is 0. The maximum Gasteiger partial charge on any atom is 0.338 e. The zero-order chi connectivity index (χ0) is 23.4. The van der Waals surface area contributed by atoms with Gasteiger partial charge in [0, 0.05) is 11.3 Å². The second-order valence-corrected chi connectivity index (χ2v) is 8.56. The largest absolute Gasteiger partial charge is 0.489 e. The van der Waals surface area contributed by atoms with Gasteiger partial charge in [0.05, 0.1) is 12.2 Å². The van der Waals surface area contributed by atoms with Crippen LogP contribution in [0.4, 0.5) is 10.3 Å². The lowest BCUT2D eigenvalue weighted by Crippen LogP contribution is -2.29. The van der Waals surface area contributed by atoms with Crippen molar-refractivity contribution in [1.82, 2.24) is 14.8 Å². The molecule has 1 aromatic heterocycles. The molecule has 1 aliphatic rings. The van der Waals surface area contributed by atoms with E-state index in [9.17, 15) is 9.18 Å². The Morgan fingerprint density at radius 1 is 1.18 bits per heavy atom. The predicted molar refractivity (Wildman–Crippen MR) is 125 cm³/mol. The van der Waals surface area contributed by atoms with Crippen molar-refractivity contribution in [1.29, 1.82) is 0 Å². The summed E-state index contributed by atoms with van der Waals surface area (Å²) < 4.78 is 26.7. The van der Waals surface area contributed by atoms with Gasteiger partial charge < -0.3 is 14.8 Å². The molecule has 9 heteroatoms. The summed E-state index contributed by atoms with van der Waals surface area (Å²) in [6.07, 6.45) is 0. The number of ether oxygens (including phenoxy) is 2. The van der Waals surface area contributed by atoms with Crippen LogP contribution in [0.25, 0.3) is 0 Å². The number of allylic oxidation sites excluding steroid dienone is 1. The number of carbonyl (C=O) groups is 1. The molecule has 1 N–H and O–H groups in total. The summed E-state index contributed by atoms with van der Waals surface area (Å²) in [5.41, 5.74) is 2.46. The highest BCUT2D eigenvalue weighted by Crippen LogP contribution is 2.37. The zero-order valence-electron chi connectivity index (χ0n) is 18.7. The minimum atomic E-state index is -0.500. The number of hydrogen-bond donors (Lipinski definition) is 1. The van der Waals surface area contributed by atoms with Crippen LogP contribution in [0.5, 0.6) is 5.75 Å². The molecule has 0 radical (unpaired) electrons. The van der Waals surface area contributed by atoms with E-state index in [1.54, 1.807) is 41.9 Å². The number of nitrogens with zero attached hydrogens (tertiary/aromatic N) is 3. The standard InChI is InChI=1S/C24H25FN4O3S/c1-4-31-22(30)20-15(3)26-23-27-24(33-5-2)28-29(23)21(20)16-10-12-18(13-11-16)32-14-17-8-6-7-9-19(17)25/h6-13,21H,4-5,14H2,1-3H3,(H,26,27,28). The smallest absolute Gasteiger partial charge is 0.338 e. The van der Waals surface area contributed by atoms with Crippen molar-refractivity contribution in [3.05, 3.63) is 76.7 Å². The average Bonchev–Trinajstić information content (AvgIpc) is 3.20. The highest BCUT2D eigenvalue weighted by Gasteiger charge is 2.35. The van der Waals surface area contributed by atoms with Gasteiger partial charge in [-0.25, -0.2) is 13.9 Å². The zero-order valence-corrected chi connectivity index (χ0v) is 19.5. The number of fused-ring (bicyclic) bond motifs is 1. The van der Waals surface area contributed by atoms with E-state index in [0.717, 1.165) is 11.3 Å². The van der Waals surface area contributed by atoms with Gasteiger partial charge >= 0.3 is 5.97 Å². The summed E-state index contributed by atoms with van der Waals surface area (Å²) in [5, 5.41) is 8.43. The number of thioether (sulfide) groups is 1. The molecule has 172 valence electrons. The molecular formula is C24H25FN4O3S. The van der Waals surface area contributed by atoms with Crippen molar-refractivity contribution in [2.75, 3.05) is 17.7 Å². The number of anilines is 1. The summed E-state index contributed by atoms with van der Waals surface area (Å²) >= 11 is 1.53. The molecule has 1 aliphatic heterocycles. The Kier molecular flexibility index (Phi) is 6.98. The molecule has 1 atom stereocenters. The molecule has 0 saturated heterocycles. The Morgan fingerprint density at radius 3 is 2.64 bits per heavy atom. The van der Waals surface area contributed by atoms with E-state index in [2.05, 4.69) is 15.4 Å². The number of halogens is 1. The number of aromatic nitrogens is 3. The van der Waals surface area contributed by atoms with Crippen molar-refractivity contribution < 1.29 is 18.7 Å². The first kappa shape index (κ1) is 22.8. The Hall–Kier alpha value is -3.33. The van der Waals surface area contributed by atoms with Crippen LogP contribution < -0.4 is 10.1 Å². The van der Waals surface area contributed by atoms with Gasteiger partial charge in [-0.15, -0.1) is 5.10 Å². The van der Waals surface area contributed by atoms with E-state index in [0.29, 0.717) is 33.7 Å². The van der Waals surface area contributed by atoms with E-state index >= 15 is 0 Å². The number of nitrogens with one attached hydrogen (secondary N) is 1. The van der Waals surface area contributed by atoms with Gasteiger partial charge in [0.2, 0.25) is 11.1 Å². The van der Waals surface area contributed by atoms with Crippen LogP contribution in [0.3, 0.4) is 0 Å². The Bertz CT molecular complexity index is 1180. The molecule has 7 nitrogen and oxygen atoms in total. The van der Waals surface area contributed by atoms with Gasteiger partial charge in [-0.2, -0.15) is 4.98 Å². The molecule has 0 saturated carbocycles. The average molecular weight is 469 g/mol. The molecule has 33 heavy (non-hydrogen) atoms. The topological polar surface area (TPSA) is 78.3 Å². The van der Waals surface area contributed by atoms with E-state index < -0.39 is 12.0 Å². The summed E-state index contributed by atoms with van der Waals surface area (Å²) in [6.45, 7) is 6.03. The van der Waals surface area contributed by atoms with Crippen LogP contribution in [-0.4, -0.2) is 33.1 Å². The fraction of sp³-hybridized carbons (Fsp3) is 0.292. The molecular weight excluding hydrogens is 443 g/mol. The van der Waals surface area contributed by atoms with Crippen molar-refractivity contribution in [2.24, 2.45) is 0 Å². The van der Waals surface area contributed by atoms with Crippen molar-refractivity contribution >= 4 is 23.7 Å². The summed E-state index contributed by atoms with van der Waals surface area (Å²) in [5.74, 6) is 1.29. The lowest BCUT2D eigenvalue weighted by Gasteiger charge is -2.28. The maximum absolute atomic E-state index is 13.9. The first-order chi connectivity index (χ1) is 16.0. The molecule has 3 aromatic rings. The third kappa shape index (κ3) is 4.88. The molecule has 0 bridgehead atoms. The highest BCUT2D eigenvalue weighted by molar-refractivity contribution is 7.99. The fourth-order valence-electron chi connectivity index (χ4n) is 3.63. The van der Waals surface area contributed by atoms with Gasteiger partial charge in [-0.05, 0) is 43.4 Å². The third-order valence-corrected chi connectivity index (χ3v) is 5.87. The number of esters is 1. The normalized spacial score (nSPS) is 15.1. The number of rotatable bonds is 8. The Morgan fingerprint density at radius 2 is 1.94 bits per heavy atom. The number of benzene rings is 2. The van der Waals surface area contributed by atoms with E-state index in [1.807, 2.05) is 26.0 Å². The molecule has 0 fully saturated rings. The molecule has 2 heterocycles. The Balaban J connectivity index is 1.64. The third-order valence-electron chi connectivity index (χ3n) is 5.15. The molecule has 0 aliphatic carbocycles. The Labute approximate surface area is 196 Å². The predicted octanol–water partition coefficient (Wildman–Crippen LogP) is 4.96. The summed E-state index contributed by atoms with van der Waals surface area (Å²) in [4.78, 5) is 17.4. The molecule has 1 unspecified atom stereocenters. The molecule has 4 rings (SSSR count). The number of hydrogen-bond acceptors (Lipinski definition) is 7. The maximum atomic E-state index is 13.9. The van der Waals surface area contributed by atoms with Crippen LogP contribution in [0.1, 0.15) is 37.9 Å². The first-order valence-electron chi connectivity index (χ1n) is 10.7. The fourth-order valence-corrected chi connectivity index (χ4v) is 4.18.